The summed E-state index contributed by atoms with van der Waals surface area (Å²) in [4.78, 5) is 16.5. The van der Waals surface area contributed by atoms with E-state index in [0.29, 0.717) is 19.2 Å². The van der Waals surface area contributed by atoms with E-state index in [1.165, 1.54) is 6.07 Å². The van der Waals surface area contributed by atoms with E-state index in [0.717, 1.165) is 56.6 Å². The fourth-order valence-corrected chi connectivity index (χ4v) is 3.41. The van der Waals surface area contributed by atoms with Crippen molar-refractivity contribution in [2.24, 2.45) is 10.9 Å². The Kier molecular flexibility index (Phi) is 12.1. The Bertz CT molecular complexity index is 619. The van der Waals surface area contributed by atoms with Crippen LogP contribution in [0.25, 0.3) is 0 Å². The molecule has 1 aliphatic carbocycles. The average molecular weight is 505 g/mol. The van der Waals surface area contributed by atoms with E-state index in [1.54, 1.807) is 12.1 Å². The van der Waals surface area contributed by atoms with Gasteiger partial charge in [0, 0.05) is 19.1 Å². The number of hydrogen-bond donors (Lipinski definition) is 2. The Hall–Kier alpha value is -1.38. The molecule has 1 aromatic rings. The van der Waals surface area contributed by atoms with Crippen LogP contribution in [0.3, 0.4) is 0 Å². The molecule has 1 aromatic carbocycles. The summed E-state index contributed by atoms with van der Waals surface area (Å²) in [6, 6.07) is 7.06. The number of nitrogens with zero attached hydrogens (tertiary/aromatic N) is 1. The fraction of sp³-hybridized carbons (Fsp3) is 0.619. The zero-order chi connectivity index (χ0) is 19.5. The average Bonchev–Trinajstić information content (AvgIpc) is 2.66. The van der Waals surface area contributed by atoms with Crippen molar-refractivity contribution in [1.82, 2.24) is 10.6 Å². The number of ether oxygens (including phenoxy) is 1. The maximum absolute atomic E-state index is 13.2. The Morgan fingerprint density at radius 3 is 2.64 bits per heavy atom. The van der Waals surface area contributed by atoms with Crippen molar-refractivity contribution in [3.05, 3.63) is 35.6 Å². The van der Waals surface area contributed by atoms with Crippen molar-refractivity contribution < 1.29 is 13.9 Å². The van der Waals surface area contributed by atoms with Crippen molar-refractivity contribution in [2.75, 3.05) is 19.7 Å². The molecule has 158 valence electrons. The van der Waals surface area contributed by atoms with Gasteiger partial charge in [-0.25, -0.2) is 4.39 Å². The molecule has 2 N–H and O–H groups in total. The second-order valence-corrected chi connectivity index (χ2v) is 6.94. The van der Waals surface area contributed by atoms with Crippen molar-refractivity contribution in [3.8, 4) is 0 Å². The van der Waals surface area contributed by atoms with Gasteiger partial charge in [-0.05, 0) is 70.1 Å². The molecule has 0 unspecified atom stereocenters. The predicted octanol–water partition coefficient (Wildman–Crippen LogP) is 4.05. The Morgan fingerprint density at radius 2 is 2.00 bits per heavy atom. The Balaban J connectivity index is 0.00000392. The zero-order valence-corrected chi connectivity index (χ0v) is 19.2. The predicted molar refractivity (Wildman–Crippen MR) is 122 cm³/mol. The van der Waals surface area contributed by atoms with Crippen LogP contribution in [0.4, 0.5) is 4.39 Å². The van der Waals surface area contributed by atoms with E-state index in [9.17, 15) is 9.18 Å². The molecule has 0 bridgehead atoms. The van der Waals surface area contributed by atoms with Gasteiger partial charge in [-0.1, -0.05) is 12.1 Å². The lowest BCUT2D eigenvalue weighted by Gasteiger charge is -2.29. The molecule has 0 saturated heterocycles. The first kappa shape index (κ1) is 24.7. The molecule has 2 rings (SSSR count). The molecule has 0 aromatic heterocycles. The van der Waals surface area contributed by atoms with Gasteiger partial charge in [0.25, 0.3) is 0 Å². The summed E-state index contributed by atoms with van der Waals surface area (Å²) in [5.74, 6) is 0.600. The van der Waals surface area contributed by atoms with Gasteiger partial charge in [0.05, 0.1) is 12.5 Å². The third kappa shape index (κ3) is 8.75. The van der Waals surface area contributed by atoms with Crippen LogP contribution in [0.5, 0.6) is 0 Å². The topological polar surface area (TPSA) is 62.7 Å². The highest BCUT2D eigenvalue weighted by Gasteiger charge is 2.27. The van der Waals surface area contributed by atoms with Gasteiger partial charge in [0.15, 0.2) is 5.96 Å². The summed E-state index contributed by atoms with van der Waals surface area (Å²) < 4.78 is 18.3. The molecule has 0 heterocycles. The molecule has 0 atom stereocenters. The summed E-state index contributed by atoms with van der Waals surface area (Å²) in [6.07, 6.45) is 5.28. The molecule has 1 fully saturated rings. The van der Waals surface area contributed by atoms with Gasteiger partial charge in [-0.3, -0.25) is 9.79 Å². The first-order valence-electron chi connectivity index (χ1n) is 10.1. The standard InChI is InChI=1S/C21H32FN3O2.HI/c1-3-23-21(24-14-6-8-16-7-5-9-18(22)15-16)25-19-12-10-17(11-13-19)20(26)27-4-2;/h5,7,9,15,17,19H,3-4,6,8,10-14H2,1-2H3,(H2,23,24,25);1H. The van der Waals surface area contributed by atoms with Crippen LogP contribution in [0.1, 0.15) is 51.5 Å². The maximum Gasteiger partial charge on any atom is 0.308 e. The quantitative estimate of drug-likeness (QED) is 0.184. The van der Waals surface area contributed by atoms with Gasteiger partial charge in [-0.15, -0.1) is 24.0 Å². The second-order valence-electron chi connectivity index (χ2n) is 6.94. The highest BCUT2D eigenvalue weighted by atomic mass is 127. The number of benzene rings is 1. The number of halogens is 2. The van der Waals surface area contributed by atoms with Crippen molar-refractivity contribution in [3.63, 3.8) is 0 Å². The number of rotatable bonds is 8. The molecule has 0 aliphatic heterocycles. The highest BCUT2D eigenvalue weighted by Crippen LogP contribution is 2.25. The third-order valence-electron chi connectivity index (χ3n) is 4.81. The van der Waals surface area contributed by atoms with Crippen molar-refractivity contribution in [2.45, 2.75) is 58.4 Å². The molecular formula is C21H33FIN3O2. The molecule has 1 saturated carbocycles. The van der Waals surface area contributed by atoms with E-state index in [2.05, 4.69) is 15.6 Å². The zero-order valence-electron chi connectivity index (χ0n) is 16.9. The maximum atomic E-state index is 13.2. The first-order chi connectivity index (χ1) is 13.1. The molecule has 0 spiro atoms. The number of hydrogen-bond acceptors (Lipinski definition) is 3. The van der Waals surface area contributed by atoms with Crippen LogP contribution >= 0.6 is 24.0 Å². The highest BCUT2D eigenvalue weighted by molar-refractivity contribution is 14.0. The second kappa shape index (κ2) is 13.7. The largest absolute Gasteiger partial charge is 0.466 e. The van der Waals surface area contributed by atoms with Gasteiger partial charge in [-0.2, -0.15) is 0 Å². The minimum absolute atomic E-state index is 0. The molecule has 7 heteroatoms. The summed E-state index contributed by atoms with van der Waals surface area (Å²) in [7, 11) is 0. The molecule has 5 nitrogen and oxygen atoms in total. The Morgan fingerprint density at radius 1 is 1.25 bits per heavy atom. The number of aliphatic imine (C=N–C) groups is 1. The Labute approximate surface area is 184 Å². The number of aryl methyl sites for hydroxylation is 1. The number of carbonyl (C=O) groups is 1. The van der Waals surface area contributed by atoms with E-state index in [1.807, 2.05) is 19.9 Å². The lowest BCUT2D eigenvalue weighted by molar-refractivity contribution is -0.149. The van der Waals surface area contributed by atoms with E-state index >= 15 is 0 Å². The first-order valence-corrected chi connectivity index (χ1v) is 10.1. The number of nitrogens with one attached hydrogen (secondary N) is 2. The van der Waals surface area contributed by atoms with E-state index in [-0.39, 0.29) is 41.7 Å². The van der Waals surface area contributed by atoms with Crippen LogP contribution in [0.15, 0.2) is 29.3 Å². The van der Waals surface area contributed by atoms with E-state index in [4.69, 9.17) is 4.74 Å². The van der Waals surface area contributed by atoms with Crippen LogP contribution in [-0.4, -0.2) is 37.7 Å². The monoisotopic (exact) mass is 505 g/mol. The lowest BCUT2D eigenvalue weighted by Crippen LogP contribution is -2.45. The minimum Gasteiger partial charge on any atom is -0.466 e. The fourth-order valence-electron chi connectivity index (χ4n) is 3.41. The normalized spacial score (nSPS) is 19.5. The number of guanidine groups is 1. The van der Waals surface area contributed by atoms with Crippen LogP contribution in [-0.2, 0) is 16.0 Å². The molecule has 0 radical (unpaired) electrons. The molecule has 0 amide bonds. The van der Waals surface area contributed by atoms with Gasteiger partial charge in [0.1, 0.15) is 5.82 Å². The van der Waals surface area contributed by atoms with Gasteiger partial charge >= 0.3 is 5.97 Å². The molecule has 1 aliphatic rings. The number of esters is 1. The molecule has 28 heavy (non-hydrogen) atoms. The van der Waals surface area contributed by atoms with Gasteiger partial charge in [0.2, 0.25) is 0 Å². The minimum atomic E-state index is -0.190. The SMILES string of the molecule is CCNC(=NCCCc1cccc(F)c1)NC1CCC(C(=O)OCC)CC1.I. The summed E-state index contributed by atoms with van der Waals surface area (Å²) in [6.45, 7) is 5.82. The smallest absolute Gasteiger partial charge is 0.308 e. The summed E-state index contributed by atoms with van der Waals surface area (Å²) in [5.41, 5.74) is 1.00. The summed E-state index contributed by atoms with van der Waals surface area (Å²) in [5, 5.41) is 6.76. The van der Waals surface area contributed by atoms with Crippen LogP contribution < -0.4 is 10.6 Å². The lowest BCUT2D eigenvalue weighted by atomic mass is 9.86. The van der Waals surface area contributed by atoms with Crippen molar-refractivity contribution in [1.29, 1.82) is 0 Å². The summed E-state index contributed by atoms with van der Waals surface area (Å²) >= 11 is 0. The van der Waals surface area contributed by atoms with Crippen LogP contribution in [0.2, 0.25) is 0 Å². The van der Waals surface area contributed by atoms with Gasteiger partial charge < -0.3 is 15.4 Å². The van der Waals surface area contributed by atoms with Crippen LogP contribution in [0, 0.1) is 11.7 Å². The van der Waals surface area contributed by atoms with Crippen molar-refractivity contribution >= 4 is 35.9 Å². The molecular weight excluding hydrogens is 472 g/mol. The third-order valence-corrected chi connectivity index (χ3v) is 4.81. The number of carbonyl (C=O) groups excluding carboxylic acids is 1. The van der Waals surface area contributed by atoms with E-state index < -0.39 is 0 Å².